The van der Waals surface area contributed by atoms with Gasteiger partial charge in [-0.1, -0.05) is 45.4 Å². The van der Waals surface area contributed by atoms with E-state index in [1.807, 2.05) is 0 Å². The predicted octanol–water partition coefficient (Wildman–Crippen LogP) is 3.97. The molecule has 3 heteroatoms. The van der Waals surface area contributed by atoms with Crippen LogP contribution in [0.5, 0.6) is 0 Å². The first kappa shape index (κ1) is 14.7. The van der Waals surface area contributed by atoms with Crippen molar-refractivity contribution in [2.24, 2.45) is 5.41 Å². The molecule has 0 spiro atoms. The topological polar surface area (TPSA) is 34.1 Å². The molecule has 0 aliphatic heterocycles. The van der Waals surface area contributed by atoms with Crippen molar-refractivity contribution >= 4 is 22.7 Å². The van der Waals surface area contributed by atoms with Crippen molar-refractivity contribution in [3.05, 3.63) is 0 Å². The van der Waals surface area contributed by atoms with Crippen molar-refractivity contribution in [3.63, 3.8) is 0 Å². The molecule has 1 aliphatic rings. The molecule has 1 rings (SSSR count). The molecular formula is C14H24O2S. The molecule has 0 N–H and O–H groups in total. The number of ketones is 1. The molecule has 98 valence electrons. The van der Waals surface area contributed by atoms with E-state index < -0.39 is 0 Å². The summed E-state index contributed by atoms with van der Waals surface area (Å²) in [5.41, 5.74) is 0.138. The Labute approximate surface area is 109 Å². The minimum atomic E-state index is -0.0582. The van der Waals surface area contributed by atoms with E-state index in [0.717, 1.165) is 32.1 Å². The first-order chi connectivity index (χ1) is 7.94. The third-order valence-corrected chi connectivity index (χ3v) is 4.60. The normalized spacial score (nSPS) is 23.7. The van der Waals surface area contributed by atoms with Crippen LogP contribution in [-0.2, 0) is 9.59 Å². The Morgan fingerprint density at radius 2 is 2.12 bits per heavy atom. The number of carbonyl (C=O) groups is 2. The van der Waals surface area contributed by atoms with E-state index >= 15 is 0 Å². The van der Waals surface area contributed by atoms with Crippen LogP contribution in [0.3, 0.4) is 0 Å². The molecule has 1 atom stereocenters. The van der Waals surface area contributed by atoms with Crippen LogP contribution >= 0.6 is 11.8 Å². The Hall–Kier alpha value is -0.310. The number of carbonyl (C=O) groups excluding carboxylic acids is 2. The van der Waals surface area contributed by atoms with Gasteiger partial charge in [0.1, 0.15) is 5.78 Å². The summed E-state index contributed by atoms with van der Waals surface area (Å²) in [5.74, 6) is 0.273. The second-order valence-electron chi connectivity index (χ2n) is 5.78. The predicted molar refractivity (Wildman–Crippen MR) is 73.2 cm³/mol. The van der Waals surface area contributed by atoms with Crippen molar-refractivity contribution in [1.82, 2.24) is 0 Å². The van der Waals surface area contributed by atoms with Crippen molar-refractivity contribution < 1.29 is 9.59 Å². The average molecular weight is 256 g/mol. The SMILES string of the molecule is CCCCCC(=O)SC1CCC(C)(C)CC1=O. The fourth-order valence-corrected chi connectivity index (χ4v) is 3.25. The molecule has 1 aliphatic carbocycles. The van der Waals surface area contributed by atoms with E-state index in [9.17, 15) is 9.59 Å². The van der Waals surface area contributed by atoms with Crippen molar-refractivity contribution in [3.8, 4) is 0 Å². The van der Waals surface area contributed by atoms with Gasteiger partial charge in [-0.2, -0.15) is 0 Å². The molecule has 0 aromatic rings. The van der Waals surface area contributed by atoms with Gasteiger partial charge < -0.3 is 0 Å². The molecule has 0 aromatic carbocycles. The van der Waals surface area contributed by atoms with Gasteiger partial charge in [-0.3, -0.25) is 9.59 Å². The van der Waals surface area contributed by atoms with Crippen molar-refractivity contribution in [2.45, 2.75) is 71.0 Å². The molecule has 0 saturated heterocycles. The van der Waals surface area contributed by atoms with Gasteiger partial charge in [0, 0.05) is 12.8 Å². The van der Waals surface area contributed by atoms with Crippen LogP contribution < -0.4 is 0 Å². The molecule has 1 unspecified atom stereocenters. The second-order valence-corrected chi connectivity index (χ2v) is 7.04. The lowest BCUT2D eigenvalue weighted by molar-refractivity contribution is -0.122. The summed E-state index contributed by atoms with van der Waals surface area (Å²) < 4.78 is 0. The Kier molecular flexibility index (Phi) is 5.71. The van der Waals surface area contributed by atoms with Gasteiger partial charge in [0.2, 0.25) is 0 Å². The monoisotopic (exact) mass is 256 g/mol. The number of rotatable bonds is 5. The first-order valence-corrected chi connectivity index (χ1v) is 7.55. The molecule has 0 radical (unpaired) electrons. The minimum absolute atomic E-state index is 0.0582. The van der Waals surface area contributed by atoms with Crippen LogP contribution in [0.1, 0.15) is 65.7 Å². The third kappa shape index (κ3) is 5.24. The Balaban J connectivity index is 2.32. The lowest BCUT2D eigenvalue weighted by Gasteiger charge is -2.32. The van der Waals surface area contributed by atoms with Gasteiger partial charge in [0.15, 0.2) is 5.12 Å². The number of unbranched alkanes of at least 4 members (excludes halogenated alkanes) is 2. The van der Waals surface area contributed by atoms with Gasteiger partial charge in [-0.05, 0) is 24.7 Å². The zero-order valence-electron chi connectivity index (χ0n) is 11.3. The van der Waals surface area contributed by atoms with E-state index in [2.05, 4.69) is 20.8 Å². The van der Waals surface area contributed by atoms with Crippen LogP contribution in [-0.4, -0.2) is 16.1 Å². The number of Topliss-reactive ketones (excluding diaryl/α,β-unsaturated/α-hetero) is 1. The molecular weight excluding hydrogens is 232 g/mol. The summed E-state index contributed by atoms with van der Waals surface area (Å²) >= 11 is 1.29. The van der Waals surface area contributed by atoms with E-state index in [1.165, 1.54) is 11.8 Å². The Morgan fingerprint density at radius 3 is 2.71 bits per heavy atom. The van der Waals surface area contributed by atoms with E-state index in [1.54, 1.807) is 0 Å². The second kappa shape index (κ2) is 6.58. The number of hydrogen-bond acceptors (Lipinski definition) is 3. The van der Waals surface area contributed by atoms with Crippen molar-refractivity contribution in [1.29, 1.82) is 0 Å². The lowest BCUT2D eigenvalue weighted by Crippen LogP contribution is -2.32. The maximum atomic E-state index is 11.9. The summed E-state index contributed by atoms with van der Waals surface area (Å²) in [4.78, 5) is 23.6. The summed E-state index contributed by atoms with van der Waals surface area (Å²) in [7, 11) is 0. The molecule has 17 heavy (non-hydrogen) atoms. The zero-order chi connectivity index (χ0) is 12.9. The highest BCUT2D eigenvalue weighted by Crippen LogP contribution is 2.37. The van der Waals surface area contributed by atoms with Crippen LogP contribution in [0.25, 0.3) is 0 Å². The van der Waals surface area contributed by atoms with Crippen LogP contribution in [0, 0.1) is 5.41 Å². The van der Waals surface area contributed by atoms with Crippen molar-refractivity contribution in [2.75, 3.05) is 0 Å². The summed E-state index contributed by atoms with van der Waals surface area (Å²) in [5, 5.41) is 0.147. The molecule has 0 aromatic heterocycles. The van der Waals surface area contributed by atoms with Gasteiger partial charge in [0.25, 0.3) is 0 Å². The van der Waals surface area contributed by atoms with Crippen LogP contribution in [0.4, 0.5) is 0 Å². The maximum absolute atomic E-state index is 11.9. The quantitative estimate of drug-likeness (QED) is 0.698. The third-order valence-electron chi connectivity index (χ3n) is 3.35. The van der Waals surface area contributed by atoms with Gasteiger partial charge in [-0.25, -0.2) is 0 Å². The Bertz CT molecular complexity index is 284. The van der Waals surface area contributed by atoms with Gasteiger partial charge in [-0.15, -0.1) is 0 Å². The zero-order valence-corrected chi connectivity index (χ0v) is 12.1. The van der Waals surface area contributed by atoms with E-state index in [0.29, 0.717) is 12.8 Å². The highest BCUT2D eigenvalue weighted by molar-refractivity contribution is 8.14. The minimum Gasteiger partial charge on any atom is -0.298 e. The van der Waals surface area contributed by atoms with E-state index in [-0.39, 0.29) is 21.6 Å². The fourth-order valence-electron chi connectivity index (χ4n) is 2.22. The van der Waals surface area contributed by atoms with Gasteiger partial charge in [0.05, 0.1) is 5.25 Å². The summed E-state index contributed by atoms with van der Waals surface area (Å²) in [6.45, 7) is 6.40. The molecule has 0 heterocycles. The maximum Gasteiger partial charge on any atom is 0.189 e. The molecule has 2 nitrogen and oxygen atoms in total. The molecule has 1 fully saturated rings. The van der Waals surface area contributed by atoms with Gasteiger partial charge >= 0.3 is 0 Å². The summed E-state index contributed by atoms with van der Waals surface area (Å²) in [6, 6.07) is 0. The largest absolute Gasteiger partial charge is 0.298 e. The highest BCUT2D eigenvalue weighted by Gasteiger charge is 2.34. The fraction of sp³-hybridized carbons (Fsp3) is 0.857. The van der Waals surface area contributed by atoms with E-state index in [4.69, 9.17) is 0 Å². The number of hydrogen-bond donors (Lipinski definition) is 0. The van der Waals surface area contributed by atoms with Crippen LogP contribution in [0.15, 0.2) is 0 Å². The lowest BCUT2D eigenvalue weighted by atomic mass is 9.77. The highest BCUT2D eigenvalue weighted by atomic mass is 32.2. The molecule has 0 bridgehead atoms. The smallest absolute Gasteiger partial charge is 0.189 e. The Morgan fingerprint density at radius 1 is 1.41 bits per heavy atom. The summed E-state index contributed by atoms with van der Waals surface area (Å²) in [6.07, 6.45) is 6.40. The first-order valence-electron chi connectivity index (χ1n) is 6.67. The molecule has 1 saturated carbocycles. The molecule has 0 amide bonds. The average Bonchev–Trinajstić information content (AvgIpc) is 2.22. The standard InChI is InChI=1S/C14H24O2S/c1-4-5-6-7-13(16)17-12-8-9-14(2,3)10-11(12)15/h12H,4-10H2,1-3H3. The van der Waals surface area contributed by atoms with Crippen LogP contribution in [0.2, 0.25) is 0 Å². The number of thioether (sulfide) groups is 1.